The highest BCUT2D eigenvalue weighted by Gasteiger charge is 2.17. The summed E-state index contributed by atoms with van der Waals surface area (Å²) in [5, 5.41) is 0. The minimum absolute atomic E-state index is 0.0920. The first kappa shape index (κ1) is 16.8. The molecule has 0 N–H and O–H groups in total. The number of amides is 1. The number of carbonyl (C=O) groups excluding carboxylic acids is 1. The Morgan fingerprint density at radius 3 is 2.35 bits per heavy atom. The van der Waals surface area contributed by atoms with Crippen LogP contribution in [0.1, 0.15) is 12.5 Å². The molecule has 0 bridgehead atoms. The van der Waals surface area contributed by atoms with Crippen LogP contribution in [0.3, 0.4) is 0 Å². The van der Waals surface area contributed by atoms with E-state index in [0.29, 0.717) is 23.7 Å². The molecule has 0 heterocycles. The van der Waals surface area contributed by atoms with Gasteiger partial charge in [-0.05, 0) is 49.4 Å². The van der Waals surface area contributed by atoms with E-state index in [-0.39, 0.29) is 18.1 Å². The standard InChI is InChI=1S/C18H20FNO3/c1-4-20(15-7-5-14(19)6-8-15)18(21)12-13-11-16(22-2)9-10-17(13)23-3/h5-11H,4,12H2,1-3H3. The fraction of sp³-hybridized carbons (Fsp3) is 0.278. The maximum absolute atomic E-state index is 13.1. The summed E-state index contributed by atoms with van der Waals surface area (Å²) in [6.45, 7) is 2.38. The van der Waals surface area contributed by atoms with Crippen molar-refractivity contribution in [3.8, 4) is 11.5 Å². The number of nitrogens with zero attached hydrogens (tertiary/aromatic N) is 1. The molecule has 0 fully saturated rings. The minimum atomic E-state index is -0.327. The molecule has 0 aliphatic heterocycles. The normalized spacial score (nSPS) is 10.3. The predicted molar refractivity (Wildman–Crippen MR) is 87.7 cm³/mol. The number of rotatable bonds is 6. The maximum Gasteiger partial charge on any atom is 0.231 e. The van der Waals surface area contributed by atoms with Crippen LogP contribution in [-0.2, 0) is 11.2 Å². The molecule has 5 heteroatoms. The van der Waals surface area contributed by atoms with Gasteiger partial charge < -0.3 is 14.4 Å². The molecule has 0 unspecified atom stereocenters. The second-order valence-corrected chi connectivity index (χ2v) is 4.97. The number of hydrogen-bond acceptors (Lipinski definition) is 3. The van der Waals surface area contributed by atoms with Crippen LogP contribution in [-0.4, -0.2) is 26.7 Å². The van der Waals surface area contributed by atoms with E-state index in [1.54, 1.807) is 49.5 Å². The Morgan fingerprint density at radius 2 is 1.78 bits per heavy atom. The van der Waals surface area contributed by atoms with Crippen molar-refractivity contribution < 1.29 is 18.7 Å². The van der Waals surface area contributed by atoms with Crippen LogP contribution in [0.5, 0.6) is 11.5 Å². The van der Waals surface area contributed by atoms with Crippen LogP contribution in [0.15, 0.2) is 42.5 Å². The van der Waals surface area contributed by atoms with Gasteiger partial charge in [0.2, 0.25) is 5.91 Å². The highest BCUT2D eigenvalue weighted by molar-refractivity contribution is 5.95. The van der Waals surface area contributed by atoms with Gasteiger partial charge in [-0.25, -0.2) is 4.39 Å². The van der Waals surface area contributed by atoms with E-state index in [4.69, 9.17) is 9.47 Å². The zero-order valence-corrected chi connectivity index (χ0v) is 13.5. The highest BCUT2D eigenvalue weighted by Crippen LogP contribution is 2.25. The topological polar surface area (TPSA) is 38.8 Å². The van der Waals surface area contributed by atoms with E-state index >= 15 is 0 Å². The maximum atomic E-state index is 13.1. The third-order valence-electron chi connectivity index (χ3n) is 3.58. The van der Waals surface area contributed by atoms with Crippen LogP contribution in [0.4, 0.5) is 10.1 Å². The second-order valence-electron chi connectivity index (χ2n) is 4.97. The van der Waals surface area contributed by atoms with Crippen LogP contribution in [0.25, 0.3) is 0 Å². The molecule has 0 saturated carbocycles. The number of ether oxygens (including phenoxy) is 2. The lowest BCUT2D eigenvalue weighted by Gasteiger charge is -2.21. The van der Waals surface area contributed by atoms with Gasteiger partial charge >= 0.3 is 0 Å². The minimum Gasteiger partial charge on any atom is -0.497 e. The van der Waals surface area contributed by atoms with Gasteiger partial charge in [0, 0.05) is 17.8 Å². The van der Waals surface area contributed by atoms with Crippen molar-refractivity contribution in [2.75, 3.05) is 25.7 Å². The summed E-state index contributed by atoms with van der Waals surface area (Å²) in [5.74, 6) is 0.880. The molecule has 2 rings (SSSR count). The first-order chi connectivity index (χ1) is 11.1. The van der Waals surface area contributed by atoms with Crippen molar-refractivity contribution in [3.63, 3.8) is 0 Å². The Kier molecular flexibility index (Phi) is 5.57. The number of likely N-dealkylation sites (N-methyl/N-ethyl adjacent to an activating group) is 1. The largest absolute Gasteiger partial charge is 0.497 e. The third kappa shape index (κ3) is 4.00. The van der Waals surface area contributed by atoms with Crippen molar-refractivity contribution in [2.24, 2.45) is 0 Å². The summed E-state index contributed by atoms with van der Waals surface area (Å²) >= 11 is 0. The van der Waals surface area contributed by atoms with Crippen LogP contribution < -0.4 is 14.4 Å². The average Bonchev–Trinajstić information content (AvgIpc) is 2.57. The summed E-state index contributed by atoms with van der Waals surface area (Å²) in [4.78, 5) is 14.2. The summed E-state index contributed by atoms with van der Waals surface area (Å²) in [5.41, 5.74) is 1.41. The number of halogens is 1. The quantitative estimate of drug-likeness (QED) is 0.819. The summed E-state index contributed by atoms with van der Waals surface area (Å²) in [7, 11) is 3.14. The molecule has 0 radical (unpaired) electrons. The zero-order valence-electron chi connectivity index (χ0n) is 13.5. The molecule has 23 heavy (non-hydrogen) atoms. The van der Waals surface area contributed by atoms with Gasteiger partial charge in [-0.1, -0.05) is 0 Å². The molecule has 122 valence electrons. The third-order valence-corrected chi connectivity index (χ3v) is 3.58. The van der Waals surface area contributed by atoms with Crippen LogP contribution >= 0.6 is 0 Å². The molecule has 1 amide bonds. The molecule has 0 aliphatic carbocycles. The summed E-state index contributed by atoms with van der Waals surface area (Å²) in [6.07, 6.45) is 0.172. The number of benzene rings is 2. The SMILES string of the molecule is CCN(C(=O)Cc1cc(OC)ccc1OC)c1ccc(F)cc1. The van der Waals surface area contributed by atoms with Gasteiger partial charge in [-0.2, -0.15) is 0 Å². The lowest BCUT2D eigenvalue weighted by molar-refractivity contribution is -0.118. The lowest BCUT2D eigenvalue weighted by Crippen LogP contribution is -2.32. The molecule has 0 atom stereocenters. The van der Waals surface area contributed by atoms with Gasteiger partial charge in [-0.15, -0.1) is 0 Å². The Morgan fingerprint density at radius 1 is 1.09 bits per heavy atom. The summed E-state index contributed by atoms with van der Waals surface area (Å²) < 4.78 is 23.6. The Bertz CT molecular complexity index is 670. The zero-order chi connectivity index (χ0) is 16.8. The number of carbonyl (C=O) groups is 1. The molecule has 4 nitrogen and oxygen atoms in total. The summed E-state index contributed by atoms with van der Waals surface area (Å²) in [6, 6.07) is 11.2. The van der Waals surface area contributed by atoms with Gasteiger partial charge in [0.25, 0.3) is 0 Å². The molecule has 0 spiro atoms. The Hall–Kier alpha value is -2.56. The molecule has 2 aromatic carbocycles. The molecular weight excluding hydrogens is 297 g/mol. The van der Waals surface area contributed by atoms with Crippen molar-refractivity contribution in [1.82, 2.24) is 0 Å². The Labute approximate surface area is 135 Å². The first-order valence-electron chi connectivity index (χ1n) is 7.35. The molecule has 0 aliphatic rings. The molecule has 0 saturated heterocycles. The van der Waals surface area contributed by atoms with Gasteiger partial charge in [0.05, 0.1) is 20.6 Å². The monoisotopic (exact) mass is 317 g/mol. The first-order valence-corrected chi connectivity index (χ1v) is 7.35. The van der Waals surface area contributed by atoms with Crippen molar-refractivity contribution in [3.05, 3.63) is 53.8 Å². The Balaban J connectivity index is 2.24. The van der Waals surface area contributed by atoms with E-state index in [2.05, 4.69) is 0 Å². The van der Waals surface area contributed by atoms with Crippen molar-refractivity contribution >= 4 is 11.6 Å². The van der Waals surface area contributed by atoms with Gasteiger partial charge in [0.15, 0.2) is 0 Å². The van der Waals surface area contributed by atoms with Crippen LogP contribution in [0.2, 0.25) is 0 Å². The van der Waals surface area contributed by atoms with Crippen LogP contribution in [0, 0.1) is 5.82 Å². The fourth-order valence-electron chi connectivity index (χ4n) is 2.40. The van der Waals surface area contributed by atoms with Crippen molar-refractivity contribution in [2.45, 2.75) is 13.3 Å². The fourth-order valence-corrected chi connectivity index (χ4v) is 2.40. The smallest absolute Gasteiger partial charge is 0.231 e. The van der Waals surface area contributed by atoms with Crippen molar-refractivity contribution in [1.29, 1.82) is 0 Å². The number of hydrogen-bond donors (Lipinski definition) is 0. The van der Waals surface area contributed by atoms with Gasteiger partial charge in [-0.3, -0.25) is 4.79 Å². The van der Waals surface area contributed by atoms with E-state index in [1.807, 2.05) is 6.92 Å². The molecule has 2 aromatic rings. The molecular formula is C18H20FNO3. The molecule has 0 aromatic heterocycles. The highest BCUT2D eigenvalue weighted by atomic mass is 19.1. The van der Waals surface area contributed by atoms with E-state index in [0.717, 1.165) is 5.56 Å². The lowest BCUT2D eigenvalue weighted by atomic mass is 10.1. The number of anilines is 1. The van der Waals surface area contributed by atoms with E-state index < -0.39 is 0 Å². The second kappa shape index (κ2) is 7.63. The number of methoxy groups -OCH3 is 2. The van der Waals surface area contributed by atoms with E-state index in [1.165, 1.54) is 12.1 Å². The average molecular weight is 317 g/mol. The van der Waals surface area contributed by atoms with Gasteiger partial charge in [0.1, 0.15) is 17.3 Å². The van der Waals surface area contributed by atoms with E-state index in [9.17, 15) is 9.18 Å². The predicted octanol–water partition coefficient (Wildman–Crippen LogP) is 3.44.